The average Bonchev–Trinajstić information content (AvgIpc) is 2.35. The minimum absolute atomic E-state index is 0.178. The average molecular weight is 253 g/mol. The van der Waals surface area contributed by atoms with Crippen LogP contribution in [-0.4, -0.2) is 10.8 Å². The largest absolute Gasteiger partial charge is 0.294 e. The van der Waals surface area contributed by atoms with Crippen molar-refractivity contribution >= 4 is 16.7 Å². The number of pyridine rings is 1. The zero-order chi connectivity index (χ0) is 13.6. The minimum Gasteiger partial charge on any atom is -0.294 e. The summed E-state index contributed by atoms with van der Waals surface area (Å²) in [5.74, 6) is 0.178. The molecule has 0 atom stereocenters. The van der Waals surface area contributed by atoms with E-state index in [1.807, 2.05) is 0 Å². The van der Waals surface area contributed by atoms with E-state index in [1.165, 1.54) is 29.5 Å². The highest BCUT2D eigenvalue weighted by Crippen LogP contribution is 2.31. The van der Waals surface area contributed by atoms with E-state index < -0.39 is 0 Å². The van der Waals surface area contributed by atoms with E-state index >= 15 is 0 Å². The van der Waals surface area contributed by atoms with Gasteiger partial charge < -0.3 is 0 Å². The molecule has 3 rings (SSSR count). The Morgan fingerprint density at radius 1 is 1.16 bits per heavy atom. The zero-order valence-electron chi connectivity index (χ0n) is 11.8. The number of benzene rings is 1. The molecule has 1 heterocycles. The Balaban J connectivity index is 2.46. The molecule has 1 aliphatic carbocycles. The second-order valence-electron chi connectivity index (χ2n) is 5.65. The number of carbonyl (C=O) groups excluding carboxylic acids is 1. The van der Waals surface area contributed by atoms with Crippen LogP contribution in [0.2, 0.25) is 0 Å². The van der Waals surface area contributed by atoms with Crippen LogP contribution in [0.4, 0.5) is 0 Å². The van der Waals surface area contributed by atoms with E-state index in [4.69, 9.17) is 4.98 Å². The first-order valence-electron chi connectivity index (χ1n) is 7.01. The van der Waals surface area contributed by atoms with Gasteiger partial charge in [-0.3, -0.25) is 9.78 Å². The van der Waals surface area contributed by atoms with Gasteiger partial charge in [0.25, 0.3) is 0 Å². The summed E-state index contributed by atoms with van der Waals surface area (Å²) in [4.78, 5) is 17.0. The maximum absolute atomic E-state index is 12.1. The van der Waals surface area contributed by atoms with Gasteiger partial charge in [-0.2, -0.15) is 0 Å². The van der Waals surface area contributed by atoms with Gasteiger partial charge in [-0.25, -0.2) is 0 Å². The molecule has 0 fully saturated rings. The monoisotopic (exact) mass is 253 g/mol. The van der Waals surface area contributed by atoms with Gasteiger partial charge in [0.1, 0.15) is 0 Å². The summed E-state index contributed by atoms with van der Waals surface area (Å²) >= 11 is 0. The molecule has 2 nitrogen and oxygen atoms in total. The van der Waals surface area contributed by atoms with Crippen molar-refractivity contribution in [3.63, 3.8) is 0 Å². The number of aromatic nitrogens is 1. The first kappa shape index (κ1) is 12.3. The molecule has 98 valence electrons. The molecule has 0 amide bonds. The molecule has 2 aromatic rings. The van der Waals surface area contributed by atoms with Gasteiger partial charge in [0, 0.05) is 16.6 Å². The van der Waals surface area contributed by atoms with Crippen LogP contribution in [0, 0.1) is 13.8 Å². The van der Waals surface area contributed by atoms with E-state index in [9.17, 15) is 4.79 Å². The van der Waals surface area contributed by atoms with Crippen molar-refractivity contribution in [3.05, 3.63) is 40.1 Å². The first-order chi connectivity index (χ1) is 9.08. The Morgan fingerprint density at radius 2 is 1.89 bits per heavy atom. The van der Waals surface area contributed by atoms with E-state index in [-0.39, 0.29) is 5.78 Å². The molecular weight excluding hydrogens is 234 g/mol. The molecule has 0 bridgehead atoms. The van der Waals surface area contributed by atoms with Crippen molar-refractivity contribution < 1.29 is 4.79 Å². The van der Waals surface area contributed by atoms with Crippen molar-refractivity contribution in [1.29, 1.82) is 0 Å². The van der Waals surface area contributed by atoms with Crippen molar-refractivity contribution in [2.45, 2.75) is 46.5 Å². The van der Waals surface area contributed by atoms with Gasteiger partial charge in [-0.05, 0) is 69.2 Å². The lowest BCUT2D eigenvalue weighted by molar-refractivity contribution is 0.101. The Labute approximate surface area is 113 Å². The lowest BCUT2D eigenvalue weighted by atomic mass is 9.87. The summed E-state index contributed by atoms with van der Waals surface area (Å²) in [5, 5.41) is 1.07. The molecule has 0 unspecified atom stereocenters. The highest BCUT2D eigenvalue weighted by atomic mass is 16.1. The second kappa shape index (κ2) is 4.44. The fraction of sp³-hybridized carbons (Fsp3) is 0.412. The molecule has 0 saturated carbocycles. The highest BCUT2D eigenvalue weighted by molar-refractivity contribution is 6.09. The van der Waals surface area contributed by atoms with Crippen molar-refractivity contribution in [2.75, 3.05) is 0 Å². The maximum atomic E-state index is 12.1. The van der Waals surface area contributed by atoms with Gasteiger partial charge in [0.2, 0.25) is 0 Å². The van der Waals surface area contributed by atoms with E-state index in [2.05, 4.69) is 26.0 Å². The Bertz CT molecular complexity index is 685. The van der Waals surface area contributed by atoms with Gasteiger partial charge >= 0.3 is 0 Å². The predicted molar refractivity (Wildman–Crippen MR) is 77.9 cm³/mol. The number of aryl methyl sites for hydroxylation is 3. The van der Waals surface area contributed by atoms with Crippen LogP contribution in [0.1, 0.15) is 52.5 Å². The van der Waals surface area contributed by atoms with Crippen LogP contribution in [-0.2, 0) is 12.8 Å². The minimum atomic E-state index is 0.178. The number of Topliss-reactive ketones (excluding diaryl/α,β-unsaturated/α-hetero) is 1. The molecule has 0 radical (unpaired) electrons. The number of carbonyl (C=O) groups is 1. The van der Waals surface area contributed by atoms with Gasteiger partial charge in [0.15, 0.2) is 5.78 Å². The third-order valence-corrected chi connectivity index (χ3v) is 4.06. The van der Waals surface area contributed by atoms with Crippen LogP contribution in [0.15, 0.2) is 12.1 Å². The number of nitrogens with zero attached hydrogens (tertiary/aromatic N) is 1. The summed E-state index contributed by atoms with van der Waals surface area (Å²) < 4.78 is 0. The molecular formula is C17H19NO. The Morgan fingerprint density at radius 3 is 2.63 bits per heavy atom. The Hall–Kier alpha value is -1.70. The standard InChI is InChI=1S/C17H19NO/c1-10-8-11(2)16-15(9-10)18-14-7-5-4-6-13(14)17(16)12(3)19/h8-9H,4-7H2,1-3H3. The highest BCUT2D eigenvalue weighted by Gasteiger charge is 2.21. The van der Waals surface area contributed by atoms with Crippen molar-refractivity contribution in [2.24, 2.45) is 0 Å². The molecule has 1 aliphatic rings. The number of fused-ring (bicyclic) bond motifs is 2. The molecule has 1 aromatic carbocycles. The quantitative estimate of drug-likeness (QED) is 0.721. The number of hydrogen-bond acceptors (Lipinski definition) is 2. The summed E-state index contributed by atoms with van der Waals surface area (Å²) in [6, 6.07) is 4.25. The maximum Gasteiger partial charge on any atom is 0.160 e. The molecule has 2 heteroatoms. The lowest BCUT2D eigenvalue weighted by Gasteiger charge is -2.20. The molecule has 1 aromatic heterocycles. The summed E-state index contributed by atoms with van der Waals surface area (Å²) in [7, 11) is 0. The molecule has 19 heavy (non-hydrogen) atoms. The van der Waals surface area contributed by atoms with E-state index in [0.29, 0.717) is 0 Å². The fourth-order valence-corrected chi connectivity index (χ4v) is 3.33. The van der Waals surface area contributed by atoms with Gasteiger partial charge in [-0.1, -0.05) is 6.07 Å². The summed E-state index contributed by atoms with van der Waals surface area (Å²) in [6.07, 6.45) is 4.37. The molecule has 0 spiro atoms. The number of ketones is 1. The van der Waals surface area contributed by atoms with E-state index in [1.54, 1.807) is 6.92 Å². The third kappa shape index (κ3) is 1.95. The molecule has 0 N–H and O–H groups in total. The van der Waals surface area contributed by atoms with Gasteiger partial charge in [-0.15, -0.1) is 0 Å². The SMILES string of the molecule is CC(=O)c1c2c(nc3cc(C)cc(C)c13)CCCC2. The van der Waals surface area contributed by atoms with Crippen LogP contribution in [0.3, 0.4) is 0 Å². The smallest absolute Gasteiger partial charge is 0.160 e. The molecule has 0 saturated heterocycles. The Kier molecular flexibility index (Phi) is 2.89. The predicted octanol–water partition coefficient (Wildman–Crippen LogP) is 3.93. The fourth-order valence-electron chi connectivity index (χ4n) is 3.33. The third-order valence-electron chi connectivity index (χ3n) is 4.06. The van der Waals surface area contributed by atoms with Crippen molar-refractivity contribution in [1.82, 2.24) is 4.98 Å². The summed E-state index contributed by atoms with van der Waals surface area (Å²) in [6.45, 7) is 5.85. The summed E-state index contributed by atoms with van der Waals surface area (Å²) in [5.41, 5.74) is 6.65. The van der Waals surface area contributed by atoms with Crippen LogP contribution >= 0.6 is 0 Å². The second-order valence-corrected chi connectivity index (χ2v) is 5.65. The van der Waals surface area contributed by atoms with Gasteiger partial charge in [0.05, 0.1) is 5.52 Å². The zero-order valence-corrected chi connectivity index (χ0v) is 11.8. The van der Waals surface area contributed by atoms with Crippen LogP contribution < -0.4 is 0 Å². The normalized spacial score (nSPS) is 14.5. The topological polar surface area (TPSA) is 30.0 Å². The lowest BCUT2D eigenvalue weighted by Crippen LogP contribution is -2.13. The molecule has 0 aliphatic heterocycles. The first-order valence-corrected chi connectivity index (χ1v) is 7.01. The van der Waals surface area contributed by atoms with Crippen LogP contribution in [0.25, 0.3) is 10.9 Å². The van der Waals surface area contributed by atoms with Crippen molar-refractivity contribution in [3.8, 4) is 0 Å². The van der Waals surface area contributed by atoms with E-state index in [0.717, 1.165) is 35.0 Å². The number of rotatable bonds is 1. The van der Waals surface area contributed by atoms with Crippen LogP contribution in [0.5, 0.6) is 0 Å². The number of hydrogen-bond donors (Lipinski definition) is 0.